The fourth-order valence-corrected chi connectivity index (χ4v) is 8.72. The molecule has 31 heavy (non-hydrogen) atoms. The van der Waals surface area contributed by atoms with Crippen LogP contribution in [0, 0.1) is 52.3 Å². The minimum Gasteiger partial charge on any atom is -0.396 e. The van der Waals surface area contributed by atoms with Gasteiger partial charge in [-0.1, -0.05) is 26.0 Å². The predicted molar refractivity (Wildman–Crippen MR) is 121 cm³/mol. The first-order chi connectivity index (χ1) is 14.9. The number of allylic oxidation sites excluding steroid dienone is 2. The molecule has 0 aromatic rings. The van der Waals surface area contributed by atoms with E-state index in [1.807, 2.05) is 0 Å². The van der Waals surface area contributed by atoms with Crippen molar-refractivity contribution in [1.82, 2.24) is 5.32 Å². The lowest BCUT2D eigenvalue weighted by molar-refractivity contribution is -0.171. The van der Waals surface area contributed by atoms with E-state index in [9.17, 15) is 14.7 Å². The fourth-order valence-electron chi connectivity index (χ4n) is 8.72. The topological polar surface area (TPSA) is 66.4 Å². The molecule has 0 spiro atoms. The van der Waals surface area contributed by atoms with Crippen LogP contribution in [0.5, 0.6) is 0 Å². The van der Waals surface area contributed by atoms with E-state index in [0.717, 1.165) is 45.2 Å². The molecule has 5 fully saturated rings. The van der Waals surface area contributed by atoms with Gasteiger partial charge in [-0.25, -0.2) is 0 Å². The molecule has 1 aliphatic heterocycles. The van der Waals surface area contributed by atoms with Crippen LogP contribution in [-0.4, -0.2) is 36.4 Å². The Balaban J connectivity index is 1.38. The molecule has 0 aromatic heterocycles. The number of fused-ring (bicyclic) bond motifs is 5. The second kappa shape index (κ2) is 8.09. The third kappa shape index (κ3) is 3.39. The molecular formula is C27H41NO3. The van der Waals surface area contributed by atoms with E-state index in [2.05, 4.69) is 31.3 Å². The molecule has 1 heterocycles. The van der Waals surface area contributed by atoms with Crippen LogP contribution in [0.25, 0.3) is 0 Å². The second-order valence-electron chi connectivity index (χ2n) is 12.0. The van der Waals surface area contributed by atoms with Crippen molar-refractivity contribution in [3.63, 3.8) is 0 Å². The van der Waals surface area contributed by atoms with Gasteiger partial charge in [-0.05, 0) is 99.5 Å². The third-order valence-corrected chi connectivity index (χ3v) is 10.7. The van der Waals surface area contributed by atoms with Crippen molar-refractivity contribution in [3.8, 4) is 0 Å². The molecule has 0 bridgehead atoms. The number of Topliss-reactive ketones (excluding diaryl/α,β-unsaturated/α-hetero) is 2. The third-order valence-electron chi connectivity index (χ3n) is 10.7. The van der Waals surface area contributed by atoms with Crippen molar-refractivity contribution in [2.24, 2.45) is 52.3 Å². The van der Waals surface area contributed by atoms with Gasteiger partial charge in [0.15, 0.2) is 0 Å². The maximum Gasteiger partial charge on any atom is 0.142 e. The normalized spacial score (nSPS) is 48.5. The Labute approximate surface area is 187 Å². The first-order valence-corrected chi connectivity index (χ1v) is 13.0. The number of carbonyl (C=O) groups excluding carboxylic acids is 2. The summed E-state index contributed by atoms with van der Waals surface area (Å²) in [5.41, 5.74) is -0.174. The summed E-state index contributed by atoms with van der Waals surface area (Å²) in [4.78, 5) is 26.5. The first kappa shape index (κ1) is 21.8. The molecule has 5 aliphatic rings. The predicted octanol–water partition coefficient (Wildman–Crippen LogP) is 4.17. The van der Waals surface area contributed by atoms with Gasteiger partial charge < -0.3 is 10.4 Å². The minimum atomic E-state index is -0.297. The summed E-state index contributed by atoms with van der Waals surface area (Å²) in [5.74, 6) is 2.53. The number of rotatable bonds is 3. The second-order valence-corrected chi connectivity index (χ2v) is 12.0. The molecule has 4 heteroatoms. The number of ketones is 2. The minimum absolute atomic E-state index is 0.00886. The molecule has 5 rings (SSSR count). The zero-order valence-corrected chi connectivity index (χ0v) is 19.4. The summed E-state index contributed by atoms with van der Waals surface area (Å²) in [5, 5.41) is 13.8. The Morgan fingerprint density at radius 1 is 0.935 bits per heavy atom. The highest BCUT2D eigenvalue weighted by atomic mass is 16.3. The Hall–Kier alpha value is -1.00. The number of aliphatic hydroxyl groups excluding tert-OH is 1. The largest absolute Gasteiger partial charge is 0.396 e. The Morgan fingerprint density at radius 2 is 1.68 bits per heavy atom. The Kier molecular flexibility index (Phi) is 5.70. The van der Waals surface area contributed by atoms with Gasteiger partial charge in [-0.3, -0.25) is 9.59 Å². The summed E-state index contributed by atoms with van der Waals surface area (Å²) in [6.45, 7) is 6.77. The van der Waals surface area contributed by atoms with Crippen molar-refractivity contribution in [1.29, 1.82) is 0 Å². The number of piperidine rings is 1. The lowest BCUT2D eigenvalue weighted by atomic mass is 9.42. The molecule has 1 unspecified atom stereocenters. The van der Waals surface area contributed by atoms with Gasteiger partial charge >= 0.3 is 0 Å². The summed E-state index contributed by atoms with van der Waals surface area (Å²) < 4.78 is 0. The van der Waals surface area contributed by atoms with Gasteiger partial charge in [-0.2, -0.15) is 0 Å². The van der Waals surface area contributed by atoms with Crippen LogP contribution in [0.3, 0.4) is 0 Å². The lowest BCUT2D eigenvalue weighted by Crippen LogP contribution is -2.60. The Morgan fingerprint density at radius 3 is 2.42 bits per heavy atom. The summed E-state index contributed by atoms with van der Waals surface area (Å²) in [6, 6.07) is 0. The van der Waals surface area contributed by atoms with E-state index in [4.69, 9.17) is 0 Å². The summed E-state index contributed by atoms with van der Waals surface area (Å²) in [7, 11) is 0. The van der Waals surface area contributed by atoms with E-state index >= 15 is 0 Å². The highest BCUT2D eigenvalue weighted by Crippen LogP contribution is 2.66. The molecule has 4 nitrogen and oxygen atoms in total. The maximum absolute atomic E-state index is 13.8. The number of carbonyl (C=O) groups is 2. The molecule has 4 saturated carbocycles. The van der Waals surface area contributed by atoms with Gasteiger partial charge in [0.25, 0.3) is 0 Å². The van der Waals surface area contributed by atoms with Gasteiger partial charge in [0.1, 0.15) is 11.6 Å². The van der Waals surface area contributed by atoms with Crippen LogP contribution < -0.4 is 5.32 Å². The van der Waals surface area contributed by atoms with Crippen molar-refractivity contribution < 1.29 is 14.7 Å². The van der Waals surface area contributed by atoms with E-state index in [1.54, 1.807) is 0 Å². The van der Waals surface area contributed by atoms with Crippen molar-refractivity contribution >= 4 is 11.6 Å². The first-order valence-electron chi connectivity index (χ1n) is 13.0. The van der Waals surface area contributed by atoms with Gasteiger partial charge in [0, 0.05) is 23.7 Å². The average Bonchev–Trinajstić information content (AvgIpc) is 3.08. The van der Waals surface area contributed by atoms with E-state index in [0.29, 0.717) is 35.7 Å². The highest BCUT2D eigenvalue weighted by molar-refractivity contribution is 5.91. The van der Waals surface area contributed by atoms with Crippen LogP contribution in [0.15, 0.2) is 12.2 Å². The monoisotopic (exact) mass is 427 g/mol. The zero-order chi connectivity index (χ0) is 21.8. The number of aliphatic hydroxyl groups is 1. The summed E-state index contributed by atoms with van der Waals surface area (Å²) in [6.07, 6.45) is 14.2. The van der Waals surface area contributed by atoms with Crippen molar-refractivity contribution in [3.05, 3.63) is 12.2 Å². The molecule has 8 atom stereocenters. The molecule has 4 aliphatic carbocycles. The molecule has 1 saturated heterocycles. The molecule has 0 amide bonds. The molecular weight excluding hydrogens is 386 g/mol. The van der Waals surface area contributed by atoms with E-state index in [1.165, 1.54) is 19.3 Å². The highest BCUT2D eigenvalue weighted by Gasteiger charge is 2.64. The van der Waals surface area contributed by atoms with Gasteiger partial charge in [0.2, 0.25) is 0 Å². The fraction of sp³-hybridized carbons (Fsp3) is 0.852. The van der Waals surface area contributed by atoms with Crippen molar-refractivity contribution in [2.75, 3.05) is 19.7 Å². The average molecular weight is 428 g/mol. The van der Waals surface area contributed by atoms with Crippen LogP contribution >= 0.6 is 0 Å². The van der Waals surface area contributed by atoms with Crippen molar-refractivity contribution in [2.45, 2.75) is 71.6 Å². The van der Waals surface area contributed by atoms with Gasteiger partial charge in [-0.15, -0.1) is 0 Å². The summed E-state index contributed by atoms with van der Waals surface area (Å²) >= 11 is 0. The van der Waals surface area contributed by atoms with Crippen LogP contribution in [-0.2, 0) is 9.59 Å². The quantitative estimate of drug-likeness (QED) is 0.664. The number of hydrogen-bond acceptors (Lipinski definition) is 4. The van der Waals surface area contributed by atoms with E-state index < -0.39 is 0 Å². The van der Waals surface area contributed by atoms with Crippen LogP contribution in [0.4, 0.5) is 0 Å². The molecule has 172 valence electrons. The van der Waals surface area contributed by atoms with Crippen LogP contribution in [0.1, 0.15) is 71.6 Å². The Bertz CT molecular complexity index is 756. The van der Waals surface area contributed by atoms with Gasteiger partial charge in [0.05, 0.1) is 6.61 Å². The number of nitrogens with one attached hydrogen (secondary N) is 1. The smallest absolute Gasteiger partial charge is 0.142 e. The zero-order valence-electron chi connectivity index (χ0n) is 19.4. The molecule has 0 aromatic carbocycles. The lowest BCUT2D eigenvalue weighted by Gasteiger charge is -2.61. The maximum atomic E-state index is 13.8. The SMILES string of the molecule is C[C@]12CC[C@@H](C=CC3CCNCC3)CC1[C@@H](CO)C(=O)[C@@H]1[C@@H]2CC[C@]2(C)C(=O)CC[C@@H]12. The van der Waals surface area contributed by atoms with E-state index in [-0.39, 0.29) is 41.1 Å². The van der Waals surface area contributed by atoms with Crippen LogP contribution in [0.2, 0.25) is 0 Å². The standard InChI is InChI=1S/C27H41NO3/c1-26-11-7-18(4-3-17-9-13-28-14-10-17)15-22(26)19(16-29)25(31)24-20-5-6-23(30)27(20,2)12-8-21(24)26/h3-4,17-22,24,28-29H,5-16H2,1-2H3/t18-,19-,20+,21+,22?,24+,26-,27+/m1/s1. The number of hydrogen-bond donors (Lipinski definition) is 2. The molecule has 2 N–H and O–H groups in total. The molecule has 0 radical (unpaired) electrons.